The van der Waals surface area contributed by atoms with E-state index < -0.39 is 21.2 Å². The SMILES string of the molecule is CNC(C(=O)O)S(=O)(=O)c1ccc(Br)cc1. The van der Waals surface area contributed by atoms with Crippen molar-refractivity contribution in [2.45, 2.75) is 10.3 Å². The Morgan fingerprint density at radius 3 is 2.25 bits per heavy atom. The lowest BCUT2D eigenvalue weighted by Crippen LogP contribution is -2.41. The summed E-state index contributed by atoms with van der Waals surface area (Å²) in [6.07, 6.45) is 0. The molecule has 1 aromatic rings. The summed E-state index contributed by atoms with van der Waals surface area (Å²) < 4.78 is 24.4. The molecule has 0 bridgehead atoms. The van der Waals surface area contributed by atoms with Crippen molar-refractivity contribution in [3.63, 3.8) is 0 Å². The summed E-state index contributed by atoms with van der Waals surface area (Å²) in [7, 11) is -2.61. The Morgan fingerprint density at radius 1 is 1.38 bits per heavy atom. The normalized spacial score (nSPS) is 13.4. The first-order valence-corrected chi connectivity index (χ1v) is 6.63. The summed E-state index contributed by atoms with van der Waals surface area (Å²) in [6.45, 7) is 0. The average Bonchev–Trinajstić information content (AvgIpc) is 2.18. The molecule has 0 spiro atoms. The van der Waals surface area contributed by atoms with Crippen molar-refractivity contribution < 1.29 is 18.3 Å². The van der Waals surface area contributed by atoms with Crippen molar-refractivity contribution in [1.82, 2.24) is 5.32 Å². The molecule has 5 nitrogen and oxygen atoms in total. The highest BCUT2D eigenvalue weighted by Gasteiger charge is 2.32. The van der Waals surface area contributed by atoms with Crippen molar-refractivity contribution in [2.75, 3.05) is 7.05 Å². The Labute approximate surface area is 102 Å². The van der Waals surface area contributed by atoms with Gasteiger partial charge in [0.1, 0.15) is 0 Å². The van der Waals surface area contributed by atoms with Gasteiger partial charge < -0.3 is 5.11 Å². The van der Waals surface area contributed by atoms with Gasteiger partial charge >= 0.3 is 5.97 Å². The first-order chi connectivity index (χ1) is 7.39. The number of aliphatic carboxylic acids is 1. The van der Waals surface area contributed by atoms with Gasteiger partial charge in [-0.25, -0.2) is 13.2 Å². The van der Waals surface area contributed by atoms with Crippen LogP contribution in [-0.4, -0.2) is 31.9 Å². The van der Waals surface area contributed by atoms with Crippen LogP contribution in [0.15, 0.2) is 33.6 Å². The van der Waals surface area contributed by atoms with Gasteiger partial charge in [0, 0.05) is 4.47 Å². The Balaban J connectivity index is 3.20. The quantitative estimate of drug-likeness (QED) is 0.862. The molecule has 2 N–H and O–H groups in total. The smallest absolute Gasteiger partial charge is 0.336 e. The van der Waals surface area contributed by atoms with Crippen LogP contribution in [0.25, 0.3) is 0 Å². The molecular weight excluding hydrogens is 298 g/mol. The number of carbonyl (C=O) groups is 1. The van der Waals surface area contributed by atoms with E-state index in [0.717, 1.165) is 4.47 Å². The van der Waals surface area contributed by atoms with Crippen molar-refractivity contribution >= 4 is 31.7 Å². The predicted octanol–water partition coefficient (Wildman–Crippen LogP) is 0.853. The maximum Gasteiger partial charge on any atom is 0.336 e. The molecule has 0 radical (unpaired) electrons. The van der Waals surface area contributed by atoms with Gasteiger partial charge in [0.05, 0.1) is 4.90 Å². The second kappa shape index (κ2) is 4.94. The van der Waals surface area contributed by atoms with Crippen molar-refractivity contribution in [1.29, 1.82) is 0 Å². The monoisotopic (exact) mass is 307 g/mol. The van der Waals surface area contributed by atoms with Crippen LogP contribution in [0.4, 0.5) is 0 Å². The molecular formula is C9H10BrNO4S. The minimum Gasteiger partial charge on any atom is -0.479 e. The van der Waals surface area contributed by atoms with Crippen molar-refractivity contribution in [3.05, 3.63) is 28.7 Å². The summed E-state index contributed by atoms with van der Waals surface area (Å²) in [4.78, 5) is 10.7. The standard InChI is InChI=1S/C9H10BrNO4S/c1-11-8(9(12)13)16(14,15)7-4-2-6(10)3-5-7/h2-5,8,11H,1H3,(H,12,13). The number of likely N-dealkylation sites (N-methyl/N-ethyl adjacent to an activating group) is 1. The number of nitrogens with one attached hydrogen (secondary N) is 1. The molecule has 1 rings (SSSR count). The third-order valence-electron chi connectivity index (χ3n) is 1.94. The molecule has 0 saturated heterocycles. The summed E-state index contributed by atoms with van der Waals surface area (Å²) in [5.74, 6) is -1.43. The minimum absolute atomic E-state index is 0.0301. The van der Waals surface area contributed by atoms with E-state index in [2.05, 4.69) is 21.2 Å². The van der Waals surface area contributed by atoms with Crippen molar-refractivity contribution in [2.24, 2.45) is 0 Å². The van der Waals surface area contributed by atoms with E-state index in [1.807, 2.05) is 0 Å². The summed E-state index contributed by atoms with van der Waals surface area (Å²) >= 11 is 3.17. The maximum atomic E-state index is 11.9. The van der Waals surface area contributed by atoms with Crippen LogP contribution in [-0.2, 0) is 14.6 Å². The lowest BCUT2D eigenvalue weighted by atomic mass is 10.4. The highest BCUT2D eigenvalue weighted by atomic mass is 79.9. The predicted molar refractivity (Wildman–Crippen MR) is 61.8 cm³/mol. The van der Waals surface area contributed by atoms with Crippen LogP contribution in [0.1, 0.15) is 0 Å². The highest BCUT2D eigenvalue weighted by Crippen LogP contribution is 2.18. The molecule has 0 amide bonds. The fourth-order valence-electron chi connectivity index (χ4n) is 1.17. The molecule has 0 aliphatic heterocycles. The largest absolute Gasteiger partial charge is 0.479 e. The van der Waals surface area contributed by atoms with E-state index in [4.69, 9.17) is 5.11 Å². The molecule has 0 heterocycles. The number of carboxylic acids is 1. The van der Waals surface area contributed by atoms with Crippen LogP contribution in [0.5, 0.6) is 0 Å². The summed E-state index contributed by atoms with van der Waals surface area (Å²) in [6, 6.07) is 5.79. The molecule has 0 fully saturated rings. The lowest BCUT2D eigenvalue weighted by Gasteiger charge is -2.12. The number of sulfone groups is 1. The third-order valence-corrected chi connectivity index (χ3v) is 4.45. The highest BCUT2D eigenvalue weighted by molar-refractivity contribution is 9.10. The lowest BCUT2D eigenvalue weighted by molar-refractivity contribution is -0.137. The van der Waals surface area contributed by atoms with Gasteiger partial charge in [-0.2, -0.15) is 0 Å². The van der Waals surface area contributed by atoms with Crippen molar-refractivity contribution in [3.8, 4) is 0 Å². The van der Waals surface area contributed by atoms with Gasteiger partial charge in [-0.3, -0.25) is 5.32 Å². The van der Waals surface area contributed by atoms with Gasteiger partial charge in [-0.05, 0) is 31.3 Å². The molecule has 16 heavy (non-hydrogen) atoms. The van der Waals surface area contributed by atoms with Gasteiger partial charge in [0.2, 0.25) is 15.2 Å². The Hall–Kier alpha value is -0.920. The zero-order valence-electron chi connectivity index (χ0n) is 8.34. The molecule has 88 valence electrons. The molecule has 0 aliphatic rings. The first-order valence-electron chi connectivity index (χ1n) is 4.29. The van der Waals surface area contributed by atoms with E-state index in [1.54, 1.807) is 12.1 Å². The van der Waals surface area contributed by atoms with Gasteiger partial charge in [0.15, 0.2) is 0 Å². The molecule has 0 aliphatic carbocycles. The van der Waals surface area contributed by atoms with Crippen LogP contribution < -0.4 is 5.32 Å². The zero-order chi connectivity index (χ0) is 12.3. The number of hydrogen-bond acceptors (Lipinski definition) is 4. The zero-order valence-corrected chi connectivity index (χ0v) is 10.7. The van der Waals surface area contributed by atoms with Gasteiger partial charge in [0.25, 0.3) is 0 Å². The van der Waals surface area contributed by atoms with Gasteiger partial charge in [-0.15, -0.1) is 0 Å². The average molecular weight is 308 g/mol. The molecule has 1 aromatic carbocycles. The Bertz CT molecular complexity index is 483. The second-order valence-electron chi connectivity index (χ2n) is 3.01. The molecule has 1 atom stereocenters. The van der Waals surface area contributed by atoms with Crippen LogP contribution >= 0.6 is 15.9 Å². The van der Waals surface area contributed by atoms with E-state index in [1.165, 1.54) is 19.2 Å². The Kier molecular flexibility index (Phi) is 4.06. The third kappa shape index (κ3) is 2.60. The van der Waals surface area contributed by atoms with Crippen LogP contribution in [0, 0.1) is 0 Å². The number of rotatable bonds is 4. The molecule has 7 heteroatoms. The van der Waals surface area contributed by atoms with E-state index in [0.29, 0.717) is 0 Å². The maximum absolute atomic E-state index is 11.9. The van der Waals surface area contributed by atoms with E-state index in [-0.39, 0.29) is 4.90 Å². The first kappa shape index (κ1) is 13.1. The number of carboxylic acid groups (broad SMARTS) is 1. The second-order valence-corrected chi connectivity index (χ2v) is 5.95. The Morgan fingerprint density at radius 2 is 1.88 bits per heavy atom. The van der Waals surface area contributed by atoms with E-state index in [9.17, 15) is 13.2 Å². The summed E-state index contributed by atoms with van der Waals surface area (Å²) in [5.41, 5.74) is 0. The number of halogens is 1. The molecule has 0 saturated carbocycles. The summed E-state index contributed by atoms with van der Waals surface area (Å²) in [5, 5.41) is 9.40. The molecule has 0 aromatic heterocycles. The fraction of sp³-hybridized carbons (Fsp3) is 0.222. The fourth-order valence-corrected chi connectivity index (χ4v) is 2.80. The minimum atomic E-state index is -3.90. The van der Waals surface area contributed by atoms with Crippen LogP contribution in [0.3, 0.4) is 0 Å². The van der Waals surface area contributed by atoms with Gasteiger partial charge in [-0.1, -0.05) is 15.9 Å². The number of benzene rings is 1. The number of hydrogen-bond donors (Lipinski definition) is 2. The van der Waals surface area contributed by atoms with Crippen LogP contribution in [0.2, 0.25) is 0 Å². The van der Waals surface area contributed by atoms with E-state index >= 15 is 0 Å². The molecule has 1 unspecified atom stereocenters. The topological polar surface area (TPSA) is 83.5 Å².